The molecule has 0 radical (unpaired) electrons. The highest BCUT2D eigenvalue weighted by Crippen LogP contribution is 2.45. The summed E-state index contributed by atoms with van der Waals surface area (Å²) in [6, 6.07) is 10.0. The summed E-state index contributed by atoms with van der Waals surface area (Å²) >= 11 is 0. The monoisotopic (exact) mass is 528 g/mol. The molecule has 1 aromatic heterocycles. The Hall–Kier alpha value is -2.73. The number of nitrogens with zero attached hydrogens (tertiary/aromatic N) is 3. The van der Waals surface area contributed by atoms with Crippen molar-refractivity contribution in [1.82, 2.24) is 4.98 Å². The fraction of sp³-hybridized carbons (Fsp3) is 0.607. The van der Waals surface area contributed by atoms with Gasteiger partial charge in [0, 0.05) is 69.2 Å². The van der Waals surface area contributed by atoms with Crippen LogP contribution >= 0.6 is 0 Å². The maximum absolute atomic E-state index is 14.5. The lowest BCUT2D eigenvalue weighted by atomic mass is 9.72. The number of ketones is 1. The van der Waals surface area contributed by atoms with E-state index in [0.717, 1.165) is 11.3 Å². The van der Waals surface area contributed by atoms with Crippen LogP contribution in [0.1, 0.15) is 70.9 Å². The van der Waals surface area contributed by atoms with E-state index in [1.165, 1.54) is 0 Å². The molecule has 1 aliphatic heterocycles. The van der Waals surface area contributed by atoms with Crippen LogP contribution in [0, 0.1) is 27.9 Å². The number of carbonyl (C=O) groups is 1. The summed E-state index contributed by atoms with van der Waals surface area (Å²) in [6.07, 6.45) is 0.0826. The molecule has 0 bridgehead atoms. The minimum atomic E-state index is -2.47. The number of nitrogens with one attached hydrogen (secondary N) is 1. The van der Waals surface area contributed by atoms with Gasteiger partial charge in [-0.25, -0.2) is 13.6 Å². The molecule has 200 valence electrons. The van der Waals surface area contributed by atoms with Gasteiger partial charge >= 0.3 is 0 Å². The molecule has 0 spiro atoms. The second-order valence-electron chi connectivity index (χ2n) is 11.6. The van der Waals surface area contributed by atoms with E-state index < -0.39 is 27.7 Å². The summed E-state index contributed by atoms with van der Waals surface area (Å²) in [6.45, 7) is 8.94. The Kier molecular flexibility index (Phi) is 7.80. The molecule has 0 unspecified atom stereocenters. The zero-order chi connectivity index (χ0) is 27.0. The van der Waals surface area contributed by atoms with Gasteiger partial charge in [-0.1, -0.05) is 20.8 Å². The van der Waals surface area contributed by atoms with Gasteiger partial charge in [0.05, 0.1) is 17.7 Å². The van der Waals surface area contributed by atoms with Gasteiger partial charge in [-0.15, -0.1) is 0 Å². The molecule has 2 aliphatic rings. The summed E-state index contributed by atoms with van der Waals surface area (Å²) < 4.78 is 40.7. The number of hydrogen-bond donors (Lipinski definition) is 1. The highest BCUT2D eigenvalue weighted by molar-refractivity contribution is 7.92. The van der Waals surface area contributed by atoms with Crippen LogP contribution in [0.15, 0.2) is 28.7 Å². The number of anilines is 1. The third-order valence-electron chi connectivity index (χ3n) is 7.45. The third kappa shape index (κ3) is 6.23. The molecule has 9 heteroatoms. The van der Waals surface area contributed by atoms with E-state index in [9.17, 15) is 18.7 Å². The molecule has 0 amide bonds. The predicted molar refractivity (Wildman–Crippen MR) is 143 cm³/mol. The molecule has 2 heterocycles. The maximum Gasteiger partial charge on any atom is 0.200 e. The van der Waals surface area contributed by atoms with E-state index in [2.05, 4.69) is 11.0 Å². The zero-order valence-electron chi connectivity index (χ0n) is 22.1. The Bertz CT molecular complexity index is 1260. The van der Waals surface area contributed by atoms with Gasteiger partial charge in [0.1, 0.15) is 12.0 Å². The smallest absolute Gasteiger partial charge is 0.200 e. The van der Waals surface area contributed by atoms with Gasteiger partial charge in [0.2, 0.25) is 5.89 Å². The fourth-order valence-corrected chi connectivity index (χ4v) is 6.46. The Morgan fingerprint density at radius 2 is 1.92 bits per heavy atom. The van der Waals surface area contributed by atoms with Crippen LogP contribution in [0.25, 0.3) is 11.3 Å². The molecule has 4 rings (SSSR count). The van der Waals surface area contributed by atoms with Crippen molar-refractivity contribution in [2.75, 3.05) is 29.5 Å². The highest BCUT2D eigenvalue weighted by Gasteiger charge is 2.40. The Labute approximate surface area is 219 Å². The van der Waals surface area contributed by atoms with E-state index in [1.807, 2.05) is 45.0 Å². The van der Waals surface area contributed by atoms with Crippen molar-refractivity contribution in [3.8, 4) is 17.4 Å². The second-order valence-corrected chi connectivity index (χ2v) is 14.0. The third-order valence-corrected chi connectivity index (χ3v) is 9.13. The van der Waals surface area contributed by atoms with Crippen LogP contribution in [0.2, 0.25) is 0 Å². The molecular formula is C28H37FN4O3S. The van der Waals surface area contributed by atoms with Crippen molar-refractivity contribution in [2.24, 2.45) is 11.8 Å². The Morgan fingerprint density at radius 3 is 2.51 bits per heavy atom. The van der Waals surface area contributed by atoms with Crippen molar-refractivity contribution in [3.63, 3.8) is 0 Å². The van der Waals surface area contributed by atoms with Crippen molar-refractivity contribution >= 4 is 21.2 Å². The molecule has 2 aromatic rings. The number of halogens is 1. The Morgan fingerprint density at radius 1 is 1.27 bits per heavy atom. The van der Waals surface area contributed by atoms with Crippen molar-refractivity contribution in [1.29, 1.82) is 10.0 Å². The number of Topliss-reactive ketones (excluding diaryl/α,β-unsaturated/α-hetero) is 1. The zero-order valence-corrected chi connectivity index (χ0v) is 22.9. The van der Waals surface area contributed by atoms with Gasteiger partial charge in [0.25, 0.3) is 0 Å². The van der Waals surface area contributed by atoms with E-state index in [0.29, 0.717) is 54.8 Å². The van der Waals surface area contributed by atoms with Crippen molar-refractivity contribution < 1.29 is 17.8 Å². The quantitative estimate of drug-likeness (QED) is 0.504. The number of rotatable bonds is 6. The van der Waals surface area contributed by atoms with E-state index in [4.69, 9.17) is 14.2 Å². The average Bonchev–Trinajstić information content (AvgIpc) is 3.30. The summed E-state index contributed by atoms with van der Waals surface area (Å²) in [4.78, 5) is 20.2. The van der Waals surface area contributed by atoms with Crippen molar-refractivity contribution in [3.05, 3.63) is 35.9 Å². The van der Waals surface area contributed by atoms with Crippen LogP contribution in [-0.4, -0.2) is 45.7 Å². The molecule has 1 N–H and O–H groups in total. The largest absolute Gasteiger partial charge is 0.440 e. The number of benzene rings is 1. The van der Waals surface area contributed by atoms with Crippen LogP contribution in [0.4, 0.5) is 10.1 Å². The number of aromatic nitrogens is 1. The molecule has 1 saturated carbocycles. The number of carbonyl (C=O) groups excluding carboxylic acids is 1. The average molecular weight is 529 g/mol. The van der Waals surface area contributed by atoms with Gasteiger partial charge in [-0.05, 0) is 50.5 Å². The maximum atomic E-state index is 14.5. The number of nitriles is 1. The second kappa shape index (κ2) is 10.6. The Balaban J connectivity index is 1.68. The van der Waals surface area contributed by atoms with Gasteiger partial charge in [0.15, 0.2) is 5.76 Å². The number of alkyl halides is 1. The summed E-state index contributed by atoms with van der Waals surface area (Å²) in [7, 11) is -2.47. The minimum Gasteiger partial charge on any atom is -0.440 e. The van der Waals surface area contributed by atoms with Crippen molar-refractivity contribution in [2.45, 2.75) is 70.9 Å². The topological polar surface area (TPSA) is 111 Å². The summed E-state index contributed by atoms with van der Waals surface area (Å²) in [5, 5.41) is 9.21. The van der Waals surface area contributed by atoms with Crippen LogP contribution in [-0.2, 0) is 19.9 Å². The molecule has 1 aromatic carbocycles. The lowest BCUT2D eigenvalue weighted by molar-refractivity contribution is -0.125. The lowest BCUT2D eigenvalue weighted by Gasteiger charge is -2.32. The van der Waals surface area contributed by atoms with Gasteiger partial charge in [-0.2, -0.15) is 5.26 Å². The first-order valence-electron chi connectivity index (χ1n) is 13.0. The first-order chi connectivity index (χ1) is 17.4. The van der Waals surface area contributed by atoms with Gasteiger partial charge in [-0.3, -0.25) is 9.57 Å². The molecular weight excluding hydrogens is 491 g/mol. The number of oxazole rings is 1. The fourth-order valence-electron chi connectivity index (χ4n) is 5.22. The standard InChI is InChI=1S/C28H37FN4O3S/c1-18(17-30)15-24(34)23-16-20(29)7-10-22(23)25-26(36-27(32-25)28(2,3)4)19-5-8-21(9-6-19)33-11-13-37(31,35)14-12-33/h5-6,8-9,18,20,22-23,31H,7,10-16H2,1-4H3/t18-,20+,22-,23-/m1/s1. The molecule has 7 nitrogen and oxygen atoms in total. The molecule has 1 aliphatic carbocycles. The molecule has 37 heavy (non-hydrogen) atoms. The van der Waals surface area contributed by atoms with Crippen LogP contribution in [0.5, 0.6) is 0 Å². The van der Waals surface area contributed by atoms with E-state index >= 15 is 0 Å². The first-order valence-corrected chi connectivity index (χ1v) is 14.9. The van der Waals surface area contributed by atoms with Crippen LogP contribution < -0.4 is 4.90 Å². The summed E-state index contributed by atoms with van der Waals surface area (Å²) in [5.74, 6) is 0.607. The lowest BCUT2D eigenvalue weighted by Crippen LogP contribution is -2.39. The molecule has 2 fully saturated rings. The highest BCUT2D eigenvalue weighted by atomic mass is 32.2. The number of hydrogen-bond acceptors (Lipinski definition) is 7. The van der Waals surface area contributed by atoms with E-state index in [-0.39, 0.29) is 30.0 Å². The molecule has 4 atom stereocenters. The predicted octanol–water partition coefficient (Wildman–Crippen LogP) is 5.85. The first kappa shape index (κ1) is 27.3. The minimum absolute atomic E-state index is 0.0842. The summed E-state index contributed by atoms with van der Waals surface area (Å²) in [5.41, 5.74) is 2.17. The normalized spacial score (nSPS) is 24.9. The van der Waals surface area contributed by atoms with Crippen LogP contribution in [0.3, 0.4) is 0 Å². The van der Waals surface area contributed by atoms with E-state index in [1.54, 1.807) is 6.92 Å². The molecule has 1 saturated heterocycles. The van der Waals surface area contributed by atoms with Gasteiger partial charge < -0.3 is 9.32 Å². The SMILES string of the molecule is C[C@@H](C#N)CC(=O)[C@@H]1C[C@@H](F)CC[C@H]1c1nc(C(C)(C)C)oc1-c1ccc(N2CCS(=N)(=O)CC2)cc1.